The Bertz CT molecular complexity index is 767. The third-order valence-electron chi connectivity index (χ3n) is 5.12. The molecule has 1 N–H and O–H groups in total. The molecule has 3 heteroatoms. The first-order valence-corrected chi connectivity index (χ1v) is 9.14. The highest BCUT2D eigenvalue weighted by molar-refractivity contribution is 5.78. The van der Waals surface area contributed by atoms with Gasteiger partial charge >= 0.3 is 0 Å². The van der Waals surface area contributed by atoms with Gasteiger partial charge in [-0.3, -0.25) is 4.79 Å². The van der Waals surface area contributed by atoms with Crippen molar-refractivity contribution in [3.05, 3.63) is 64.2 Å². The molecule has 0 spiro atoms. The normalized spacial score (nSPS) is 14.5. The highest BCUT2D eigenvalue weighted by atomic mass is 16.5. The summed E-state index contributed by atoms with van der Waals surface area (Å²) in [5, 5.41) is 3.03. The van der Waals surface area contributed by atoms with E-state index in [0.717, 1.165) is 24.2 Å². The number of carbonyl (C=O) groups is 1. The van der Waals surface area contributed by atoms with Crippen molar-refractivity contribution in [3.8, 4) is 5.75 Å². The van der Waals surface area contributed by atoms with Crippen LogP contribution in [0.5, 0.6) is 5.75 Å². The standard InChI is InChI=1S/C22H27NO2/c1-15-11-12-19(13-16(15)2)17(3)23-22(24)14-25-21-10-6-8-18-7-4-5-9-20(18)21/h6,8,10-13,17H,4-5,7,9,14H2,1-3H3,(H,23,24)/t17-/m1/s1. The van der Waals surface area contributed by atoms with Gasteiger partial charge in [0, 0.05) is 0 Å². The van der Waals surface area contributed by atoms with Crippen LogP contribution < -0.4 is 10.1 Å². The molecule has 0 heterocycles. The molecule has 0 fully saturated rings. The molecule has 1 aliphatic rings. The lowest BCUT2D eigenvalue weighted by atomic mass is 9.91. The SMILES string of the molecule is Cc1ccc([C@@H](C)NC(=O)COc2cccc3c2CCCC3)cc1C. The summed E-state index contributed by atoms with van der Waals surface area (Å²) in [5.41, 5.74) is 6.27. The second-order valence-electron chi connectivity index (χ2n) is 7.02. The number of benzene rings is 2. The molecule has 3 rings (SSSR count). The Morgan fingerprint density at radius 1 is 1.12 bits per heavy atom. The van der Waals surface area contributed by atoms with E-state index in [1.807, 2.05) is 19.1 Å². The molecule has 0 saturated heterocycles. The van der Waals surface area contributed by atoms with Crippen molar-refractivity contribution in [3.63, 3.8) is 0 Å². The maximum Gasteiger partial charge on any atom is 0.258 e. The van der Waals surface area contributed by atoms with Crippen molar-refractivity contribution in [1.82, 2.24) is 5.32 Å². The van der Waals surface area contributed by atoms with E-state index in [-0.39, 0.29) is 18.6 Å². The topological polar surface area (TPSA) is 38.3 Å². The third kappa shape index (κ3) is 4.22. The lowest BCUT2D eigenvalue weighted by molar-refractivity contribution is -0.123. The Morgan fingerprint density at radius 3 is 2.72 bits per heavy atom. The van der Waals surface area contributed by atoms with Crippen molar-refractivity contribution >= 4 is 5.91 Å². The second kappa shape index (κ2) is 7.73. The Balaban J connectivity index is 1.59. The van der Waals surface area contributed by atoms with E-state index < -0.39 is 0 Å². The van der Waals surface area contributed by atoms with Gasteiger partial charge in [-0.05, 0) is 80.3 Å². The van der Waals surface area contributed by atoms with Crippen LogP contribution in [0.25, 0.3) is 0 Å². The molecule has 1 aliphatic carbocycles. The minimum Gasteiger partial charge on any atom is -0.483 e. The monoisotopic (exact) mass is 337 g/mol. The van der Waals surface area contributed by atoms with Gasteiger partial charge in [-0.25, -0.2) is 0 Å². The number of amides is 1. The Kier molecular flexibility index (Phi) is 5.42. The number of carbonyl (C=O) groups excluding carboxylic acids is 1. The van der Waals surface area contributed by atoms with Gasteiger partial charge in [-0.15, -0.1) is 0 Å². The van der Waals surface area contributed by atoms with Gasteiger partial charge in [0.15, 0.2) is 6.61 Å². The number of fused-ring (bicyclic) bond motifs is 1. The fourth-order valence-electron chi connectivity index (χ4n) is 3.43. The molecule has 0 bridgehead atoms. The zero-order valence-electron chi connectivity index (χ0n) is 15.4. The average Bonchev–Trinajstić information content (AvgIpc) is 2.62. The van der Waals surface area contributed by atoms with Crippen LogP contribution in [0.3, 0.4) is 0 Å². The van der Waals surface area contributed by atoms with E-state index in [4.69, 9.17) is 4.74 Å². The summed E-state index contributed by atoms with van der Waals surface area (Å²) in [6.45, 7) is 6.25. The number of aryl methyl sites for hydroxylation is 3. The summed E-state index contributed by atoms with van der Waals surface area (Å²) in [7, 11) is 0. The van der Waals surface area contributed by atoms with Crippen LogP contribution in [0.15, 0.2) is 36.4 Å². The van der Waals surface area contributed by atoms with Crippen LogP contribution in [0, 0.1) is 13.8 Å². The van der Waals surface area contributed by atoms with Gasteiger partial charge < -0.3 is 10.1 Å². The van der Waals surface area contributed by atoms with E-state index >= 15 is 0 Å². The molecule has 0 aliphatic heterocycles. The lowest BCUT2D eigenvalue weighted by Crippen LogP contribution is -2.31. The number of ether oxygens (including phenoxy) is 1. The molecule has 0 aromatic heterocycles. The highest BCUT2D eigenvalue weighted by Crippen LogP contribution is 2.29. The summed E-state index contributed by atoms with van der Waals surface area (Å²) in [6, 6.07) is 12.4. The quantitative estimate of drug-likeness (QED) is 0.876. The van der Waals surface area contributed by atoms with Gasteiger partial charge in [0.05, 0.1) is 6.04 Å². The van der Waals surface area contributed by atoms with E-state index in [9.17, 15) is 4.79 Å². The van der Waals surface area contributed by atoms with Crippen molar-refractivity contribution in [1.29, 1.82) is 0 Å². The molecule has 1 amide bonds. The number of hydrogen-bond acceptors (Lipinski definition) is 2. The molecular weight excluding hydrogens is 310 g/mol. The molecule has 0 radical (unpaired) electrons. The molecule has 1 atom stereocenters. The molecule has 0 unspecified atom stereocenters. The van der Waals surface area contributed by atoms with Gasteiger partial charge in [-0.2, -0.15) is 0 Å². The molecule has 2 aromatic carbocycles. The molecule has 25 heavy (non-hydrogen) atoms. The van der Waals surface area contributed by atoms with E-state index in [1.165, 1.54) is 35.1 Å². The summed E-state index contributed by atoms with van der Waals surface area (Å²) in [6.07, 6.45) is 4.60. The van der Waals surface area contributed by atoms with Crippen molar-refractivity contribution in [2.75, 3.05) is 6.61 Å². The maximum atomic E-state index is 12.3. The number of hydrogen-bond donors (Lipinski definition) is 1. The minimum absolute atomic E-state index is 0.0277. The fraction of sp³-hybridized carbons (Fsp3) is 0.409. The zero-order chi connectivity index (χ0) is 17.8. The van der Waals surface area contributed by atoms with Crippen molar-refractivity contribution < 1.29 is 9.53 Å². The predicted octanol–water partition coefficient (Wildman–Crippen LogP) is 4.44. The first kappa shape index (κ1) is 17.5. The minimum atomic E-state index is -0.0841. The Labute approximate surface area is 150 Å². The van der Waals surface area contributed by atoms with Gasteiger partial charge in [0.25, 0.3) is 5.91 Å². The summed E-state index contributed by atoms with van der Waals surface area (Å²) in [5.74, 6) is 0.783. The summed E-state index contributed by atoms with van der Waals surface area (Å²) in [4.78, 5) is 12.3. The molecule has 3 nitrogen and oxygen atoms in total. The number of rotatable bonds is 5. The lowest BCUT2D eigenvalue weighted by Gasteiger charge is -2.20. The molecule has 132 valence electrons. The van der Waals surface area contributed by atoms with Crippen LogP contribution >= 0.6 is 0 Å². The van der Waals surface area contributed by atoms with Gasteiger partial charge in [0.1, 0.15) is 5.75 Å². The van der Waals surface area contributed by atoms with Crippen molar-refractivity contribution in [2.24, 2.45) is 0 Å². The smallest absolute Gasteiger partial charge is 0.258 e. The second-order valence-corrected chi connectivity index (χ2v) is 7.02. The Hall–Kier alpha value is -2.29. The van der Waals surface area contributed by atoms with Gasteiger partial charge in [-0.1, -0.05) is 30.3 Å². The fourth-order valence-corrected chi connectivity index (χ4v) is 3.43. The first-order chi connectivity index (χ1) is 12.0. The predicted molar refractivity (Wildman–Crippen MR) is 101 cm³/mol. The molecule has 2 aromatic rings. The number of nitrogens with one attached hydrogen (secondary N) is 1. The zero-order valence-corrected chi connectivity index (χ0v) is 15.4. The van der Waals surface area contributed by atoms with Crippen LogP contribution in [-0.2, 0) is 17.6 Å². The van der Waals surface area contributed by atoms with E-state index in [2.05, 4.69) is 43.4 Å². The van der Waals surface area contributed by atoms with E-state index in [0.29, 0.717) is 0 Å². The largest absolute Gasteiger partial charge is 0.483 e. The van der Waals surface area contributed by atoms with Crippen LogP contribution in [0.2, 0.25) is 0 Å². The maximum absolute atomic E-state index is 12.3. The molecular formula is C22H27NO2. The average molecular weight is 337 g/mol. The molecule has 0 saturated carbocycles. The summed E-state index contributed by atoms with van der Waals surface area (Å²) < 4.78 is 5.83. The Morgan fingerprint density at radius 2 is 1.92 bits per heavy atom. The summed E-state index contributed by atoms with van der Waals surface area (Å²) >= 11 is 0. The third-order valence-corrected chi connectivity index (χ3v) is 5.12. The van der Waals surface area contributed by atoms with Crippen molar-refractivity contribution in [2.45, 2.75) is 52.5 Å². The van der Waals surface area contributed by atoms with Crippen LogP contribution in [0.4, 0.5) is 0 Å². The van der Waals surface area contributed by atoms with Gasteiger partial charge in [0.2, 0.25) is 0 Å². The van der Waals surface area contributed by atoms with Crippen LogP contribution in [0.1, 0.15) is 53.6 Å². The van der Waals surface area contributed by atoms with E-state index in [1.54, 1.807) is 0 Å². The highest BCUT2D eigenvalue weighted by Gasteiger charge is 2.15. The first-order valence-electron chi connectivity index (χ1n) is 9.14. The van der Waals surface area contributed by atoms with Crippen LogP contribution in [-0.4, -0.2) is 12.5 Å².